The predicted molar refractivity (Wildman–Crippen MR) is 116 cm³/mol. The van der Waals surface area contributed by atoms with Gasteiger partial charge in [-0.3, -0.25) is 14.2 Å². The van der Waals surface area contributed by atoms with E-state index in [1.807, 2.05) is 27.7 Å². The molecule has 1 amide bonds. The van der Waals surface area contributed by atoms with E-state index in [9.17, 15) is 14.4 Å². The third-order valence-corrected chi connectivity index (χ3v) is 7.09. The van der Waals surface area contributed by atoms with E-state index in [0.717, 1.165) is 20.9 Å². The number of fused-ring (bicyclic) bond motifs is 1. The van der Waals surface area contributed by atoms with Crippen LogP contribution in [0.5, 0.6) is 0 Å². The van der Waals surface area contributed by atoms with Gasteiger partial charge in [0.1, 0.15) is 9.83 Å². The molecule has 154 valence electrons. The lowest BCUT2D eigenvalue weighted by Crippen LogP contribution is -2.23. The van der Waals surface area contributed by atoms with Crippen molar-refractivity contribution < 1.29 is 14.3 Å². The van der Waals surface area contributed by atoms with Gasteiger partial charge in [0.2, 0.25) is 5.91 Å². The number of aromatic nitrogens is 2. The molecule has 29 heavy (non-hydrogen) atoms. The summed E-state index contributed by atoms with van der Waals surface area (Å²) in [4.78, 5) is 44.5. The molecule has 3 aromatic heterocycles. The number of esters is 1. The Balaban J connectivity index is 1.76. The number of amides is 1. The molecule has 0 unspecified atom stereocenters. The van der Waals surface area contributed by atoms with Crippen molar-refractivity contribution in [3.63, 3.8) is 0 Å². The van der Waals surface area contributed by atoms with E-state index in [0.29, 0.717) is 20.8 Å². The first kappa shape index (κ1) is 21.2. The van der Waals surface area contributed by atoms with E-state index >= 15 is 0 Å². The minimum absolute atomic E-state index is 0.0908. The third-order valence-electron chi connectivity index (χ3n) is 4.85. The van der Waals surface area contributed by atoms with Gasteiger partial charge in [-0.2, -0.15) is 0 Å². The van der Waals surface area contributed by atoms with E-state index < -0.39 is 5.97 Å². The van der Waals surface area contributed by atoms with Crippen molar-refractivity contribution in [2.24, 2.45) is 0 Å². The maximum absolute atomic E-state index is 12.7. The van der Waals surface area contributed by atoms with Crippen molar-refractivity contribution >= 4 is 49.8 Å². The molecule has 0 aliphatic rings. The third kappa shape index (κ3) is 4.11. The summed E-state index contributed by atoms with van der Waals surface area (Å²) in [6.45, 7) is 9.81. The number of thiophene rings is 2. The van der Waals surface area contributed by atoms with Crippen molar-refractivity contribution in [3.8, 4) is 0 Å². The van der Waals surface area contributed by atoms with Gasteiger partial charge in [0, 0.05) is 22.7 Å². The smallest absolute Gasteiger partial charge is 0.341 e. The summed E-state index contributed by atoms with van der Waals surface area (Å²) in [6.07, 6.45) is 1.57. The van der Waals surface area contributed by atoms with E-state index in [1.165, 1.54) is 33.6 Å². The highest BCUT2D eigenvalue weighted by atomic mass is 32.1. The second-order valence-corrected chi connectivity index (χ2v) is 9.14. The molecule has 0 saturated heterocycles. The predicted octanol–water partition coefficient (Wildman–Crippen LogP) is 3.96. The summed E-state index contributed by atoms with van der Waals surface area (Å²) in [5.74, 6) is -0.721. The average Bonchev–Trinajstić information content (AvgIpc) is 3.10. The highest BCUT2D eigenvalue weighted by molar-refractivity contribution is 7.18. The van der Waals surface area contributed by atoms with Gasteiger partial charge in [-0.1, -0.05) is 0 Å². The minimum atomic E-state index is -0.446. The zero-order valence-corrected chi connectivity index (χ0v) is 18.7. The Bertz CT molecular complexity index is 1160. The van der Waals surface area contributed by atoms with Crippen molar-refractivity contribution in [1.29, 1.82) is 0 Å². The van der Waals surface area contributed by atoms with Gasteiger partial charge in [-0.05, 0) is 45.7 Å². The lowest BCUT2D eigenvalue weighted by atomic mass is 10.1. The molecule has 0 atom stereocenters. The molecule has 3 rings (SSSR count). The van der Waals surface area contributed by atoms with Gasteiger partial charge in [0.05, 0.1) is 23.9 Å². The molecule has 0 aliphatic carbocycles. The van der Waals surface area contributed by atoms with Crippen molar-refractivity contribution in [1.82, 2.24) is 9.55 Å². The number of rotatable bonds is 6. The van der Waals surface area contributed by atoms with Crippen LogP contribution in [0.1, 0.15) is 44.6 Å². The van der Waals surface area contributed by atoms with Crippen LogP contribution in [0.3, 0.4) is 0 Å². The van der Waals surface area contributed by atoms with Gasteiger partial charge < -0.3 is 10.1 Å². The van der Waals surface area contributed by atoms with Crippen LogP contribution in [0.4, 0.5) is 5.00 Å². The number of aryl methyl sites for hydroxylation is 4. The van der Waals surface area contributed by atoms with E-state index in [-0.39, 0.29) is 31.0 Å². The summed E-state index contributed by atoms with van der Waals surface area (Å²) >= 11 is 2.84. The molecular weight excluding hydrogens is 410 g/mol. The van der Waals surface area contributed by atoms with Gasteiger partial charge in [0.25, 0.3) is 5.56 Å². The first-order chi connectivity index (χ1) is 13.7. The zero-order chi connectivity index (χ0) is 21.3. The Morgan fingerprint density at radius 1 is 1.14 bits per heavy atom. The molecular formula is C20H23N3O4S2. The molecule has 0 aliphatic heterocycles. The monoisotopic (exact) mass is 433 g/mol. The molecule has 3 heterocycles. The number of ether oxygens (including phenoxy) is 1. The number of anilines is 1. The fourth-order valence-corrected chi connectivity index (χ4v) is 5.06. The second kappa shape index (κ2) is 8.46. The molecule has 0 fully saturated rings. The highest BCUT2D eigenvalue weighted by Crippen LogP contribution is 2.33. The maximum atomic E-state index is 12.7. The highest BCUT2D eigenvalue weighted by Gasteiger charge is 2.22. The standard InChI is InChI=1S/C20H23N3O4S2/c1-6-27-20(26)16-11(3)13(5)29-18(16)22-14(24)7-8-23-9-21-17-15(19(23)25)10(2)12(4)28-17/h9H,6-8H2,1-5H3,(H,22,24). The average molecular weight is 434 g/mol. The van der Waals surface area contributed by atoms with E-state index in [1.54, 1.807) is 6.92 Å². The molecule has 9 heteroatoms. The molecule has 7 nitrogen and oxygen atoms in total. The number of carbonyl (C=O) groups is 2. The Morgan fingerprint density at radius 3 is 2.52 bits per heavy atom. The normalized spacial score (nSPS) is 11.1. The molecule has 0 radical (unpaired) electrons. The molecule has 3 aromatic rings. The van der Waals surface area contributed by atoms with Crippen LogP contribution < -0.4 is 10.9 Å². The van der Waals surface area contributed by atoms with Crippen LogP contribution in [0.2, 0.25) is 0 Å². The Morgan fingerprint density at radius 2 is 1.83 bits per heavy atom. The number of nitrogens with zero attached hydrogens (tertiary/aromatic N) is 2. The van der Waals surface area contributed by atoms with Crippen molar-refractivity contribution in [2.75, 3.05) is 11.9 Å². The van der Waals surface area contributed by atoms with Gasteiger partial charge in [-0.15, -0.1) is 22.7 Å². The number of carbonyl (C=O) groups excluding carboxylic acids is 2. The van der Waals surface area contributed by atoms with E-state index in [2.05, 4.69) is 10.3 Å². The van der Waals surface area contributed by atoms with Gasteiger partial charge in [0.15, 0.2) is 0 Å². The Labute approximate surface area is 176 Å². The largest absolute Gasteiger partial charge is 0.462 e. The summed E-state index contributed by atoms with van der Waals surface area (Å²) < 4.78 is 6.56. The lowest BCUT2D eigenvalue weighted by Gasteiger charge is -2.08. The molecule has 1 N–H and O–H groups in total. The first-order valence-electron chi connectivity index (χ1n) is 9.26. The first-order valence-corrected chi connectivity index (χ1v) is 10.9. The van der Waals surface area contributed by atoms with Crippen LogP contribution in [0.15, 0.2) is 11.1 Å². The van der Waals surface area contributed by atoms with Crippen molar-refractivity contribution in [3.05, 3.63) is 43.1 Å². The maximum Gasteiger partial charge on any atom is 0.341 e. The number of hydrogen-bond donors (Lipinski definition) is 1. The molecule has 0 bridgehead atoms. The minimum Gasteiger partial charge on any atom is -0.462 e. The van der Waals surface area contributed by atoms with Gasteiger partial charge >= 0.3 is 5.97 Å². The molecule has 0 spiro atoms. The summed E-state index contributed by atoms with van der Waals surface area (Å²) in [5.41, 5.74) is 2.00. The second-order valence-electron chi connectivity index (χ2n) is 6.71. The fraction of sp³-hybridized carbons (Fsp3) is 0.400. The van der Waals surface area contributed by atoms with Crippen LogP contribution >= 0.6 is 22.7 Å². The summed E-state index contributed by atoms with van der Waals surface area (Å²) in [6, 6.07) is 0. The van der Waals surface area contributed by atoms with Crippen LogP contribution in [0, 0.1) is 27.7 Å². The Kier molecular flexibility index (Phi) is 6.18. The van der Waals surface area contributed by atoms with E-state index in [4.69, 9.17) is 4.74 Å². The summed E-state index contributed by atoms with van der Waals surface area (Å²) in [7, 11) is 0. The Hall–Kier alpha value is -2.52. The fourth-order valence-electron chi connectivity index (χ4n) is 3.00. The molecule has 0 aromatic carbocycles. The zero-order valence-electron chi connectivity index (χ0n) is 17.0. The molecule has 0 saturated carbocycles. The van der Waals surface area contributed by atoms with Crippen LogP contribution in [-0.4, -0.2) is 28.0 Å². The van der Waals surface area contributed by atoms with Gasteiger partial charge in [-0.25, -0.2) is 9.78 Å². The summed E-state index contributed by atoms with van der Waals surface area (Å²) in [5, 5.41) is 3.89. The SMILES string of the molecule is CCOC(=O)c1c(NC(=O)CCn2cnc3sc(C)c(C)c3c2=O)sc(C)c1C. The number of nitrogens with one attached hydrogen (secondary N) is 1. The van der Waals surface area contributed by atoms with Crippen molar-refractivity contribution in [2.45, 2.75) is 47.6 Å². The van der Waals surface area contributed by atoms with Crippen LogP contribution in [-0.2, 0) is 16.1 Å². The van der Waals surface area contributed by atoms with Crippen LogP contribution in [0.25, 0.3) is 10.2 Å². The topological polar surface area (TPSA) is 90.3 Å². The lowest BCUT2D eigenvalue weighted by molar-refractivity contribution is -0.116. The number of hydrogen-bond acceptors (Lipinski definition) is 7. The quantitative estimate of drug-likeness (QED) is 0.594.